The molecule has 1 atom stereocenters. The van der Waals surface area contributed by atoms with Crippen LogP contribution in [-0.2, 0) is 4.79 Å². The molecule has 96 valence electrons. The molecule has 2 fully saturated rings. The molecule has 2 aliphatic rings. The minimum atomic E-state index is -0.166. The minimum Gasteiger partial charge on any atom is -0.355 e. The summed E-state index contributed by atoms with van der Waals surface area (Å²) in [4.78, 5) is 12.3. The summed E-state index contributed by atoms with van der Waals surface area (Å²) in [5, 5.41) is 6.43. The van der Waals surface area contributed by atoms with Crippen molar-refractivity contribution in [2.45, 2.75) is 25.7 Å². The summed E-state index contributed by atoms with van der Waals surface area (Å²) in [7, 11) is 0. The van der Waals surface area contributed by atoms with Crippen LogP contribution in [0.1, 0.15) is 29.9 Å². The maximum atomic E-state index is 12.3. The van der Waals surface area contributed by atoms with Gasteiger partial charge in [-0.3, -0.25) is 4.79 Å². The normalized spacial score (nSPS) is 26.3. The first-order valence-corrected chi connectivity index (χ1v) is 6.78. The zero-order valence-electron chi connectivity index (χ0n) is 10.8. The second-order valence-corrected chi connectivity index (χ2v) is 5.58. The molecule has 1 amide bonds. The van der Waals surface area contributed by atoms with Gasteiger partial charge < -0.3 is 10.6 Å². The first kappa shape index (κ1) is 11.7. The van der Waals surface area contributed by atoms with Gasteiger partial charge in [-0.15, -0.1) is 0 Å². The highest BCUT2D eigenvalue weighted by Gasteiger charge is 2.50. The molecule has 18 heavy (non-hydrogen) atoms. The van der Waals surface area contributed by atoms with Crippen molar-refractivity contribution >= 4 is 5.91 Å². The molecule has 2 saturated heterocycles. The molecule has 0 unspecified atom stereocenters. The van der Waals surface area contributed by atoms with Crippen molar-refractivity contribution in [2.24, 2.45) is 5.41 Å². The van der Waals surface area contributed by atoms with Gasteiger partial charge in [0.1, 0.15) is 0 Å². The van der Waals surface area contributed by atoms with Crippen molar-refractivity contribution in [2.75, 3.05) is 19.6 Å². The average molecular weight is 244 g/mol. The van der Waals surface area contributed by atoms with Gasteiger partial charge in [-0.1, -0.05) is 29.8 Å². The molecule has 3 rings (SSSR count). The van der Waals surface area contributed by atoms with Crippen molar-refractivity contribution in [3.8, 4) is 0 Å². The number of aryl methyl sites for hydroxylation is 1. The van der Waals surface area contributed by atoms with Crippen LogP contribution in [0.2, 0.25) is 0 Å². The van der Waals surface area contributed by atoms with Crippen molar-refractivity contribution in [3.05, 3.63) is 35.4 Å². The third kappa shape index (κ3) is 1.74. The molecular weight excluding hydrogens is 224 g/mol. The summed E-state index contributed by atoms with van der Waals surface area (Å²) >= 11 is 0. The molecule has 2 heterocycles. The lowest BCUT2D eigenvalue weighted by Crippen LogP contribution is -2.44. The molecule has 0 bridgehead atoms. The van der Waals surface area contributed by atoms with Crippen molar-refractivity contribution in [1.29, 1.82) is 0 Å². The number of hydrogen-bond acceptors (Lipinski definition) is 2. The summed E-state index contributed by atoms with van der Waals surface area (Å²) in [6, 6.07) is 8.66. The quantitative estimate of drug-likeness (QED) is 0.787. The van der Waals surface area contributed by atoms with E-state index >= 15 is 0 Å². The lowest BCUT2D eigenvalue weighted by Gasteiger charge is -2.36. The predicted molar refractivity (Wildman–Crippen MR) is 71.5 cm³/mol. The van der Waals surface area contributed by atoms with Crippen LogP contribution in [0.5, 0.6) is 0 Å². The molecule has 1 spiro atoms. The highest BCUT2D eigenvalue weighted by Crippen LogP contribution is 2.46. The van der Waals surface area contributed by atoms with Crippen LogP contribution < -0.4 is 10.6 Å². The Balaban J connectivity index is 1.95. The Morgan fingerprint density at radius 3 is 2.50 bits per heavy atom. The second kappa shape index (κ2) is 4.39. The van der Waals surface area contributed by atoms with Gasteiger partial charge in [0, 0.05) is 12.5 Å². The van der Waals surface area contributed by atoms with Crippen LogP contribution in [0, 0.1) is 12.3 Å². The summed E-state index contributed by atoms with van der Waals surface area (Å²) in [5.41, 5.74) is 2.41. The van der Waals surface area contributed by atoms with E-state index in [1.54, 1.807) is 0 Å². The Morgan fingerprint density at radius 2 is 1.83 bits per heavy atom. The topological polar surface area (TPSA) is 41.1 Å². The Labute approximate surface area is 108 Å². The van der Waals surface area contributed by atoms with E-state index < -0.39 is 0 Å². The maximum absolute atomic E-state index is 12.3. The Bertz CT molecular complexity index is 446. The number of carbonyl (C=O) groups excluding carboxylic acids is 1. The van der Waals surface area contributed by atoms with Gasteiger partial charge in [-0.2, -0.15) is 0 Å². The van der Waals surface area contributed by atoms with Crippen LogP contribution in [-0.4, -0.2) is 25.5 Å². The van der Waals surface area contributed by atoms with E-state index in [0.717, 1.165) is 32.5 Å². The number of hydrogen-bond donors (Lipinski definition) is 2. The fourth-order valence-electron chi connectivity index (χ4n) is 3.41. The number of piperidine rings is 1. The largest absolute Gasteiger partial charge is 0.355 e. The number of amides is 1. The van der Waals surface area contributed by atoms with E-state index in [0.29, 0.717) is 5.92 Å². The van der Waals surface area contributed by atoms with E-state index in [-0.39, 0.29) is 11.3 Å². The third-order valence-corrected chi connectivity index (χ3v) is 4.56. The van der Waals surface area contributed by atoms with E-state index in [4.69, 9.17) is 0 Å². The number of rotatable bonds is 1. The fourth-order valence-corrected chi connectivity index (χ4v) is 3.41. The molecule has 0 aliphatic carbocycles. The molecule has 2 aliphatic heterocycles. The molecule has 3 heteroatoms. The molecule has 0 radical (unpaired) electrons. The van der Waals surface area contributed by atoms with Crippen molar-refractivity contribution in [3.63, 3.8) is 0 Å². The van der Waals surface area contributed by atoms with Crippen LogP contribution in [0.3, 0.4) is 0 Å². The SMILES string of the molecule is Cc1ccc([C@@H]2CNC(=O)C23CCNCC3)cc1. The van der Waals surface area contributed by atoms with Gasteiger partial charge in [0.25, 0.3) is 0 Å². The predicted octanol–water partition coefficient (Wildman–Crippen LogP) is 1.58. The highest BCUT2D eigenvalue weighted by atomic mass is 16.2. The molecule has 0 aromatic heterocycles. The van der Waals surface area contributed by atoms with E-state index in [1.165, 1.54) is 11.1 Å². The monoisotopic (exact) mass is 244 g/mol. The molecular formula is C15H20N2O. The Kier molecular flexibility index (Phi) is 2.86. The average Bonchev–Trinajstić information content (AvgIpc) is 2.70. The molecule has 2 N–H and O–H groups in total. The number of carbonyl (C=O) groups is 1. The van der Waals surface area contributed by atoms with Crippen LogP contribution in [0.4, 0.5) is 0 Å². The lowest BCUT2D eigenvalue weighted by molar-refractivity contribution is -0.129. The summed E-state index contributed by atoms with van der Waals surface area (Å²) in [6.45, 7) is 4.80. The molecule has 0 saturated carbocycles. The van der Waals surface area contributed by atoms with E-state index in [1.807, 2.05) is 0 Å². The molecule has 1 aromatic carbocycles. The van der Waals surface area contributed by atoms with Gasteiger partial charge in [0.15, 0.2) is 0 Å². The van der Waals surface area contributed by atoms with Gasteiger partial charge in [0.05, 0.1) is 5.41 Å². The summed E-state index contributed by atoms with van der Waals surface area (Å²) < 4.78 is 0. The zero-order chi connectivity index (χ0) is 12.6. The molecule has 3 nitrogen and oxygen atoms in total. The molecule has 1 aromatic rings. The smallest absolute Gasteiger partial charge is 0.227 e. The zero-order valence-corrected chi connectivity index (χ0v) is 10.8. The van der Waals surface area contributed by atoms with Gasteiger partial charge >= 0.3 is 0 Å². The summed E-state index contributed by atoms with van der Waals surface area (Å²) in [5.74, 6) is 0.599. The Morgan fingerprint density at radius 1 is 1.17 bits per heavy atom. The maximum Gasteiger partial charge on any atom is 0.227 e. The highest BCUT2D eigenvalue weighted by molar-refractivity contribution is 5.86. The lowest BCUT2D eigenvalue weighted by atomic mass is 9.68. The fraction of sp³-hybridized carbons (Fsp3) is 0.533. The Hall–Kier alpha value is -1.35. The van der Waals surface area contributed by atoms with Crippen molar-refractivity contribution in [1.82, 2.24) is 10.6 Å². The number of nitrogens with one attached hydrogen (secondary N) is 2. The number of benzene rings is 1. The minimum absolute atomic E-state index is 0.166. The summed E-state index contributed by atoms with van der Waals surface area (Å²) in [6.07, 6.45) is 1.91. The van der Waals surface area contributed by atoms with Gasteiger partial charge in [-0.25, -0.2) is 0 Å². The standard InChI is InChI=1S/C15H20N2O/c1-11-2-4-12(5-3-11)13-10-17-14(18)15(13)6-8-16-9-7-15/h2-5,13,16H,6-10H2,1H3,(H,17,18)/t13-/m0/s1. The second-order valence-electron chi connectivity index (χ2n) is 5.58. The van der Waals surface area contributed by atoms with E-state index in [9.17, 15) is 4.79 Å². The van der Waals surface area contributed by atoms with Crippen molar-refractivity contribution < 1.29 is 4.79 Å². The van der Waals surface area contributed by atoms with Gasteiger partial charge in [0.2, 0.25) is 5.91 Å². The first-order valence-electron chi connectivity index (χ1n) is 6.78. The first-order chi connectivity index (χ1) is 8.72. The van der Waals surface area contributed by atoms with E-state index in [2.05, 4.69) is 41.8 Å². The van der Waals surface area contributed by atoms with Crippen LogP contribution >= 0.6 is 0 Å². The van der Waals surface area contributed by atoms with Crippen LogP contribution in [0.25, 0.3) is 0 Å². The van der Waals surface area contributed by atoms with Crippen LogP contribution in [0.15, 0.2) is 24.3 Å². The third-order valence-electron chi connectivity index (χ3n) is 4.56. The van der Waals surface area contributed by atoms with Gasteiger partial charge in [-0.05, 0) is 38.4 Å².